The van der Waals surface area contributed by atoms with Crippen molar-refractivity contribution >= 4 is 5.91 Å². The van der Waals surface area contributed by atoms with Gasteiger partial charge in [-0.2, -0.15) is 0 Å². The molecule has 1 saturated carbocycles. The van der Waals surface area contributed by atoms with Gasteiger partial charge in [-0.1, -0.05) is 13.8 Å². The van der Waals surface area contributed by atoms with Crippen molar-refractivity contribution in [2.75, 3.05) is 26.2 Å². The van der Waals surface area contributed by atoms with Gasteiger partial charge in [0.05, 0.1) is 12.1 Å². The average Bonchev–Trinajstić information content (AvgIpc) is 3.22. The monoisotopic (exact) mass is 308 g/mol. The van der Waals surface area contributed by atoms with Crippen LogP contribution in [0.5, 0.6) is 0 Å². The quantitative estimate of drug-likeness (QED) is 0.800. The second-order valence-electron chi connectivity index (χ2n) is 8.33. The van der Waals surface area contributed by atoms with Crippen LogP contribution < -0.4 is 0 Å². The van der Waals surface area contributed by atoms with Crippen molar-refractivity contribution in [1.82, 2.24) is 9.80 Å². The van der Waals surface area contributed by atoms with Crippen LogP contribution in [0.2, 0.25) is 0 Å². The summed E-state index contributed by atoms with van der Waals surface area (Å²) in [4.78, 5) is 17.3. The molecule has 0 aromatic carbocycles. The Labute approximate surface area is 135 Å². The first-order chi connectivity index (χ1) is 10.4. The molecule has 0 aromatic rings. The number of carbonyl (C=O) groups excluding carboxylic acids is 1. The zero-order valence-corrected chi connectivity index (χ0v) is 14.7. The van der Waals surface area contributed by atoms with Crippen LogP contribution >= 0.6 is 0 Å². The molecule has 0 N–H and O–H groups in total. The number of hydrogen-bond donors (Lipinski definition) is 0. The summed E-state index contributed by atoms with van der Waals surface area (Å²) < 4.78 is 6.46. The predicted octanol–water partition coefficient (Wildman–Crippen LogP) is 2.67. The average molecular weight is 308 g/mol. The maximum Gasteiger partial charge on any atom is 0.255 e. The number of ether oxygens (including phenoxy) is 1. The largest absolute Gasteiger partial charge is 0.357 e. The smallest absolute Gasteiger partial charge is 0.255 e. The fourth-order valence-electron chi connectivity index (χ4n) is 3.87. The fraction of sp³-hybridized carbons (Fsp3) is 0.944. The summed E-state index contributed by atoms with van der Waals surface area (Å²) in [7, 11) is 0. The topological polar surface area (TPSA) is 32.8 Å². The van der Waals surface area contributed by atoms with E-state index in [2.05, 4.69) is 37.5 Å². The van der Waals surface area contributed by atoms with Crippen molar-refractivity contribution in [3.63, 3.8) is 0 Å². The van der Waals surface area contributed by atoms with Gasteiger partial charge in [-0.25, -0.2) is 0 Å². The lowest BCUT2D eigenvalue weighted by atomic mass is 9.87. The van der Waals surface area contributed by atoms with Crippen LogP contribution in [0.1, 0.15) is 59.8 Å². The van der Waals surface area contributed by atoms with Gasteiger partial charge in [-0.3, -0.25) is 4.79 Å². The minimum atomic E-state index is -0.442. The normalized spacial score (nSPS) is 27.4. The number of morpholine rings is 1. The summed E-state index contributed by atoms with van der Waals surface area (Å²) in [6.07, 6.45) is 5.27. The van der Waals surface area contributed by atoms with Gasteiger partial charge in [0, 0.05) is 19.1 Å². The summed E-state index contributed by atoms with van der Waals surface area (Å²) in [5.74, 6) is 1.01. The van der Waals surface area contributed by atoms with E-state index in [9.17, 15) is 4.79 Å². The number of amides is 1. The maximum atomic E-state index is 12.6. The Hall–Kier alpha value is -0.610. The van der Waals surface area contributed by atoms with Crippen LogP contribution in [0.25, 0.3) is 0 Å². The SMILES string of the molecule is CC(C)CCN1CCC2(CC1)CN(C(C)C)C(=O)C1(CC1)O2. The molecule has 4 heteroatoms. The first-order valence-electron chi connectivity index (χ1n) is 9.09. The van der Waals surface area contributed by atoms with Gasteiger partial charge in [0.2, 0.25) is 0 Å². The lowest BCUT2D eigenvalue weighted by molar-refractivity contribution is -0.203. The van der Waals surface area contributed by atoms with E-state index in [0.717, 1.165) is 51.2 Å². The zero-order chi connectivity index (χ0) is 16.0. The molecule has 1 aliphatic carbocycles. The number of likely N-dealkylation sites (tertiary alicyclic amines) is 1. The molecule has 2 heterocycles. The molecule has 0 radical (unpaired) electrons. The van der Waals surface area contributed by atoms with Crippen molar-refractivity contribution in [1.29, 1.82) is 0 Å². The Morgan fingerprint density at radius 3 is 2.23 bits per heavy atom. The minimum Gasteiger partial charge on any atom is -0.357 e. The van der Waals surface area contributed by atoms with E-state index in [4.69, 9.17) is 4.74 Å². The van der Waals surface area contributed by atoms with Gasteiger partial charge in [0.15, 0.2) is 0 Å². The summed E-state index contributed by atoms with van der Waals surface area (Å²) >= 11 is 0. The number of carbonyl (C=O) groups is 1. The zero-order valence-electron chi connectivity index (χ0n) is 14.7. The van der Waals surface area contributed by atoms with E-state index in [1.54, 1.807) is 0 Å². The molecule has 126 valence electrons. The third-order valence-corrected chi connectivity index (χ3v) is 5.64. The van der Waals surface area contributed by atoms with Gasteiger partial charge >= 0.3 is 0 Å². The number of piperidine rings is 1. The summed E-state index contributed by atoms with van der Waals surface area (Å²) in [5.41, 5.74) is -0.522. The highest BCUT2D eigenvalue weighted by Crippen LogP contribution is 2.50. The fourth-order valence-corrected chi connectivity index (χ4v) is 3.87. The highest BCUT2D eigenvalue weighted by atomic mass is 16.5. The molecule has 2 aliphatic heterocycles. The third-order valence-electron chi connectivity index (χ3n) is 5.64. The van der Waals surface area contributed by atoms with Crippen molar-refractivity contribution < 1.29 is 9.53 Å². The van der Waals surface area contributed by atoms with Crippen molar-refractivity contribution in [3.8, 4) is 0 Å². The first-order valence-corrected chi connectivity index (χ1v) is 9.09. The molecule has 22 heavy (non-hydrogen) atoms. The predicted molar refractivity (Wildman–Crippen MR) is 87.8 cm³/mol. The molecule has 0 bridgehead atoms. The lowest BCUT2D eigenvalue weighted by Crippen LogP contribution is -2.64. The Bertz CT molecular complexity index is 421. The lowest BCUT2D eigenvalue weighted by Gasteiger charge is -2.51. The van der Waals surface area contributed by atoms with E-state index < -0.39 is 5.60 Å². The van der Waals surface area contributed by atoms with Gasteiger partial charge < -0.3 is 14.5 Å². The highest BCUT2D eigenvalue weighted by molar-refractivity contribution is 5.89. The number of nitrogens with zero attached hydrogens (tertiary/aromatic N) is 2. The number of hydrogen-bond acceptors (Lipinski definition) is 3. The highest BCUT2D eigenvalue weighted by Gasteiger charge is 2.62. The molecule has 2 saturated heterocycles. The van der Waals surface area contributed by atoms with Crippen molar-refractivity contribution in [2.24, 2.45) is 5.92 Å². The second-order valence-corrected chi connectivity index (χ2v) is 8.33. The summed E-state index contributed by atoms with van der Waals surface area (Å²) in [6, 6.07) is 0.282. The van der Waals surface area contributed by atoms with Gasteiger partial charge in [-0.15, -0.1) is 0 Å². The Morgan fingerprint density at radius 2 is 1.73 bits per heavy atom. The molecular formula is C18H32N2O2. The molecule has 2 spiro atoms. The molecule has 3 aliphatic rings. The summed E-state index contributed by atoms with van der Waals surface area (Å²) in [6.45, 7) is 13.1. The molecule has 3 rings (SSSR count). The molecule has 0 aromatic heterocycles. The number of rotatable bonds is 4. The molecular weight excluding hydrogens is 276 g/mol. The van der Waals surface area contributed by atoms with Crippen LogP contribution in [0.15, 0.2) is 0 Å². The Kier molecular flexibility index (Phi) is 4.28. The summed E-state index contributed by atoms with van der Waals surface area (Å²) in [5, 5.41) is 0. The molecule has 3 fully saturated rings. The second kappa shape index (κ2) is 5.79. The van der Waals surface area contributed by atoms with E-state index in [1.165, 1.54) is 13.0 Å². The van der Waals surface area contributed by atoms with Gasteiger partial charge in [-0.05, 0) is 58.4 Å². The van der Waals surface area contributed by atoms with Gasteiger partial charge in [0.1, 0.15) is 5.60 Å². The van der Waals surface area contributed by atoms with Crippen molar-refractivity contribution in [2.45, 2.75) is 77.0 Å². The van der Waals surface area contributed by atoms with Crippen LogP contribution in [-0.4, -0.2) is 59.1 Å². The van der Waals surface area contributed by atoms with E-state index in [0.29, 0.717) is 0 Å². The van der Waals surface area contributed by atoms with E-state index in [-0.39, 0.29) is 17.6 Å². The molecule has 1 amide bonds. The molecule has 0 unspecified atom stereocenters. The van der Waals surface area contributed by atoms with E-state index in [1.807, 2.05) is 0 Å². The van der Waals surface area contributed by atoms with Crippen molar-refractivity contribution in [3.05, 3.63) is 0 Å². The maximum absolute atomic E-state index is 12.6. The standard InChI is InChI=1S/C18H32N2O2/c1-14(2)5-10-19-11-8-17(9-12-19)13-20(15(3)4)16(21)18(22-17)6-7-18/h14-15H,5-13H2,1-4H3. The first kappa shape index (κ1) is 16.3. The minimum absolute atomic E-state index is 0.0803. The Morgan fingerprint density at radius 1 is 1.09 bits per heavy atom. The Balaban J connectivity index is 1.63. The van der Waals surface area contributed by atoms with Gasteiger partial charge in [0.25, 0.3) is 5.91 Å². The third kappa shape index (κ3) is 3.05. The van der Waals surface area contributed by atoms with Crippen LogP contribution in [-0.2, 0) is 9.53 Å². The van der Waals surface area contributed by atoms with Crippen LogP contribution in [0.3, 0.4) is 0 Å². The van der Waals surface area contributed by atoms with Crippen LogP contribution in [0, 0.1) is 5.92 Å². The molecule has 4 nitrogen and oxygen atoms in total. The molecule has 0 atom stereocenters. The van der Waals surface area contributed by atoms with Crippen LogP contribution in [0.4, 0.5) is 0 Å². The van der Waals surface area contributed by atoms with E-state index >= 15 is 0 Å².